The molecule has 2 aromatic rings. The predicted octanol–water partition coefficient (Wildman–Crippen LogP) is 2.57. The van der Waals surface area contributed by atoms with Crippen molar-refractivity contribution in [3.8, 4) is 0 Å². The summed E-state index contributed by atoms with van der Waals surface area (Å²) in [6.45, 7) is 3.78. The average Bonchev–Trinajstić information content (AvgIpc) is 3.30. The maximum Gasteiger partial charge on any atom is 0.407 e. The Morgan fingerprint density at radius 2 is 2.03 bits per heavy atom. The summed E-state index contributed by atoms with van der Waals surface area (Å²) in [5.41, 5.74) is 0.958. The number of aromatic nitrogens is 3. The zero-order valence-corrected chi connectivity index (χ0v) is 18.4. The minimum absolute atomic E-state index is 0.0432. The van der Waals surface area contributed by atoms with Gasteiger partial charge in [-0.3, -0.25) is 5.10 Å². The Morgan fingerprint density at radius 1 is 1.27 bits per heavy atom. The molecule has 0 aliphatic heterocycles. The first-order valence-electron chi connectivity index (χ1n) is 9.83. The second-order valence-corrected chi connectivity index (χ2v) is 9.99. The number of rotatable bonds is 7. The molecule has 1 saturated carbocycles. The van der Waals surface area contributed by atoms with Gasteiger partial charge in [0.2, 0.25) is 10.0 Å². The normalized spacial score (nSPS) is 19.3. The number of ether oxygens (including phenoxy) is 1. The van der Waals surface area contributed by atoms with Crippen molar-refractivity contribution in [1.29, 1.82) is 0 Å². The number of aromatic amines is 1. The smallest absolute Gasteiger partial charge is 0.407 e. The lowest BCUT2D eigenvalue weighted by Gasteiger charge is -2.14. The number of amides is 1. The fourth-order valence-electron chi connectivity index (χ4n) is 3.31. The van der Waals surface area contributed by atoms with Crippen molar-refractivity contribution in [2.24, 2.45) is 0 Å². The van der Waals surface area contributed by atoms with E-state index in [1.807, 2.05) is 19.9 Å². The molecule has 2 aromatic heterocycles. The Kier molecular flexibility index (Phi) is 6.61. The number of anilines is 2. The van der Waals surface area contributed by atoms with E-state index < -0.39 is 10.0 Å². The van der Waals surface area contributed by atoms with E-state index in [1.54, 1.807) is 6.07 Å². The molecule has 0 bridgehead atoms. The van der Waals surface area contributed by atoms with Crippen LogP contribution in [0.1, 0.15) is 44.7 Å². The number of nitrogens with zero attached hydrogens (tertiary/aromatic N) is 3. The molecule has 3 rings (SSSR count). The number of nitrogens with one attached hydrogen (secondary N) is 3. The zero-order valence-electron chi connectivity index (χ0n) is 17.5. The first-order chi connectivity index (χ1) is 14.1. The van der Waals surface area contributed by atoms with Crippen LogP contribution in [0, 0.1) is 0 Å². The molecule has 10 nitrogen and oxygen atoms in total. The first kappa shape index (κ1) is 22.0. The number of carbonyl (C=O) groups excluding carboxylic acids is 1. The van der Waals surface area contributed by atoms with E-state index in [2.05, 4.69) is 25.8 Å². The molecule has 1 fully saturated rings. The van der Waals surface area contributed by atoms with Gasteiger partial charge in [0.05, 0.1) is 0 Å². The predicted molar refractivity (Wildman–Crippen MR) is 112 cm³/mol. The van der Waals surface area contributed by atoms with Crippen LogP contribution >= 0.6 is 0 Å². The lowest BCUT2D eigenvalue weighted by atomic mass is 10.0. The van der Waals surface area contributed by atoms with E-state index in [4.69, 9.17) is 4.74 Å². The molecule has 30 heavy (non-hydrogen) atoms. The van der Waals surface area contributed by atoms with E-state index in [-0.39, 0.29) is 29.1 Å². The number of H-pyrrole nitrogens is 1. The zero-order chi connectivity index (χ0) is 21.9. The lowest BCUT2D eigenvalue weighted by molar-refractivity contribution is 0.0981. The number of hydrogen-bond acceptors (Lipinski definition) is 7. The minimum Gasteiger partial charge on any atom is -0.446 e. The summed E-state index contributed by atoms with van der Waals surface area (Å²) in [6.07, 6.45) is 3.27. The molecule has 0 radical (unpaired) electrons. The number of carbonyl (C=O) groups is 1. The fraction of sp³-hybridized carbons (Fsp3) is 0.526. The highest BCUT2D eigenvalue weighted by Crippen LogP contribution is 2.36. The number of alkyl carbamates (subject to hydrolysis) is 1. The van der Waals surface area contributed by atoms with Crippen molar-refractivity contribution < 1.29 is 17.9 Å². The standard InChI is InChI=1S/C19H28N6O4S/c1-12(2)21-19(26)29-14-6-5-13(9-14)16-10-18(24-23-16)22-17-8-7-15(11-20-17)30(27,28)25(3)4/h7-8,10-14H,5-6,9H2,1-4H3,(H,21,26)(H2,20,22,23,24)/t13-,14+/m0/s1. The summed E-state index contributed by atoms with van der Waals surface area (Å²) >= 11 is 0. The molecule has 0 saturated heterocycles. The summed E-state index contributed by atoms with van der Waals surface area (Å²) in [4.78, 5) is 16.1. The van der Waals surface area contributed by atoms with Crippen LogP contribution in [0.2, 0.25) is 0 Å². The lowest BCUT2D eigenvalue weighted by Crippen LogP contribution is -2.33. The third-order valence-electron chi connectivity index (χ3n) is 4.87. The van der Waals surface area contributed by atoms with Crippen LogP contribution in [-0.2, 0) is 14.8 Å². The summed E-state index contributed by atoms with van der Waals surface area (Å²) in [5, 5.41) is 13.1. The molecule has 1 aliphatic carbocycles. The van der Waals surface area contributed by atoms with E-state index in [0.29, 0.717) is 11.6 Å². The highest BCUT2D eigenvalue weighted by Gasteiger charge is 2.30. The van der Waals surface area contributed by atoms with E-state index in [0.717, 1.165) is 29.3 Å². The summed E-state index contributed by atoms with van der Waals surface area (Å²) < 4.78 is 30.8. The van der Waals surface area contributed by atoms with Gasteiger partial charge in [-0.1, -0.05) is 0 Å². The Bertz CT molecular complexity index is 971. The van der Waals surface area contributed by atoms with E-state index in [9.17, 15) is 13.2 Å². The highest BCUT2D eigenvalue weighted by atomic mass is 32.2. The third-order valence-corrected chi connectivity index (χ3v) is 6.67. The molecule has 3 N–H and O–H groups in total. The molecule has 1 amide bonds. The van der Waals surface area contributed by atoms with Gasteiger partial charge in [-0.2, -0.15) is 5.10 Å². The van der Waals surface area contributed by atoms with Gasteiger partial charge in [0.15, 0.2) is 5.82 Å². The quantitative estimate of drug-likeness (QED) is 0.608. The molecule has 0 aromatic carbocycles. The number of pyridine rings is 1. The summed E-state index contributed by atoms with van der Waals surface area (Å²) in [5.74, 6) is 1.30. The van der Waals surface area contributed by atoms with Gasteiger partial charge < -0.3 is 15.4 Å². The summed E-state index contributed by atoms with van der Waals surface area (Å²) in [7, 11) is -0.565. The second-order valence-electron chi connectivity index (χ2n) is 7.84. The second kappa shape index (κ2) is 9.00. The molecule has 2 heterocycles. The van der Waals surface area contributed by atoms with Gasteiger partial charge in [0.25, 0.3) is 0 Å². The van der Waals surface area contributed by atoms with Crippen molar-refractivity contribution in [3.05, 3.63) is 30.1 Å². The van der Waals surface area contributed by atoms with Gasteiger partial charge in [0, 0.05) is 44.0 Å². The maximum atomic E-state index is 12.1. The first-order valence-corrected chi connectivity index (χ1v) is 11.3. The Morgan fingerprint density at radius 3 is 2.67 bits per heavy atom. The van der Waals surface area contributed by atoms with E-state index in [1.165, 1.54) is 26.4 Å². The van der Waals surface area contributed by atoms with E-state index >= 15 is 0 Å². The van der Waals surface area contributed by atoms with Crippen molar-refractivity contribution in [1.82, 2.24) is 24.8 Å². The van der Waals surface area contributed by atoms with Crippen LogP contribution in [0.4, 0.5) is 16.4 Å². The summed E-state index contributed by atoms with van der Waals surface area (Å²) in [6, 6.07) is 5.03. The van der Waals surface area contributed by atoms with Crippen LogP contribution in [0.3, 0.4) is 0 Å². The Balaban J connectivity index is 1.57. The van der Waals surface area contributed by atoms with Crippen LogP contribution in [0.5, 0.6) is 0 Å². The minimum atomic E-state index is -3.51. The van der Waals surface area contributed by atoms with Gasteiger partial charge in [0.1, 0.15) is 16.8 Å². The molecule has 1 aliphatic rings. The molecule has 2 atom stereocenters. The van der Waals surface area contributed by atoms with Crippen molar-refractivity contribution >= 4 is 27.8 Å². The largest absolute Gasteiger partial charge is 0.446 e. The highest BCUT2D eigenvalue weighted by molar-refractivity contribution is 7.89. The molecule has 164 valence electrons. The molecule has 0 unspecified atom stereocenters. The van der Waals surface area contributed by atoms with Crippen molar-refractivity contribution in [2.75, 3.05) is 19.4 Å². The monoisotopic (exact) mass is 436 g/mol. The number of hydrogen-bond donors (Lipinski definition) is 3. The maximum absolute atomic E-state index is 12.1. The van der Waals surface area contributed by atoms with Crippen LogP contribution in [0.25, 0.3) is 0 Å². The number of sulfonamides is 1. The van der Waals surface area contributed by atoms with Crippen molar-refractivity contribution in [2.45, 2.75) is 56.1 Å². The van der Waals surface area contributed by atoms with Gasteiger partial charge in [-0.15, -0.1) is 0 Å². The average molecular weight is 437 g/mol. The fourth-order valence-corrected chi connectivity index (χ4v) is 4.16. The molecular formula is C19H28N6O4S. The van der Waals surface area contributed by atoms with Gasteiger partial charge in [-0.25, -0.2) is 22.5 Å². The van der Waals surface area contributed by atoms with Gasteiger partial charge in [-0.05, 0) is 45.2 Å². The molecular weight excluding hydrogens is 408 g/mol. The molecule has 0 spiro atoms. The Hall–Kier alpha value is -2.66. The van der Waals surface area contributed by atoms with Crippen LogP contribution in [0.15, 0.2) is 29.3 Å². The van der Waals surface area contributed by atoms with Gasteiger partial charge >= 0.3 is 6.09 Å². The van der Waals surface area contributed by atoms with Crippen LogP contribution in [-0.4, -0.2) is 60.2 Å². The Labute approximate surface area is 176 Å². The molecule has 11 heteroatoms. The van der Waals surface area contributed by atoms with Crippen LogP contribution < -0.4 is 10.6 Å². The topological polar surface area (TPSA) is 129 Å². The third kappa shape index (κ3) is 5.28. The van der Waals surface area contributed by atoms with Crippen molar-refractivity contribution in [3.63, 3.8) is 0 Å². The SMILES string of the molecule is CC(C)NC(=O)O[C@@H]1CC[C@H](c2cc(Nc3ccc(S(=O)(=O)N(C)C)cn3)n[nH]2)C1.